The fraction of sp³-hybridized carbons (Fsp3) is 0.500. The van der Waals surface area contributed by atoms with Gasteiger partial charge in [-0.1, -0.05) is 17.7 Å². The molecule has 2 N–H and O–H groups in total. The van der Waals surface area contributed by atoms with Crippen LogP contribution in [0.2, 0.25) is 5.02 Å². The van der Waals surface area contributed by atoms with Gasteiger partial charge in [0.25, 0.3) is 0 Å². The second-order valence-electron chi connectivity index (χ2n) is 8.17. The van der Waals surface area contributed by atoms with E-state index in [0.29, 0.717) is 24.9 Å². The summed E-state index contributed by atoms with van der Waals surface area (Å²) in [5.74, 6) is 1.99. The van der Waals surface area contributed by atoms with Crippen LogP contribution >= 0.6 is 11.6 Å². The van der Waals surface area contributed by atoms with E-state index in [2.05, 4.69) is 25.5 Å². The minimum absolute atomic E-state index is 0.0180. The summed E-state index contributed by atoms with van der Waals surface area (Å²) in [5, 5.41) is 6.39. The first-order chi connectivity index (χ1) is 14.6. The Morgan fingerprint density at radius 2 is 1.97 bits per heavy atom. The quantitative estimate of drug-likeness (QED) is 0.656. The first-order valence-corrected chi connectivity index (χ1v) is 11.0. The molecule has 0 unspecified atom stereocenters. The van der Waals surface area contributed by atoms with Gasteiger partial charge in [0.15, 0.2) is 0 Å². The predicted molar refractivity (Wildman–Crippen MR) is 116 cm³/mol. The van der Waals surface area contributed by atoms with Crippen molar-refractivity contribution in [1.29, 1.82) is 0 Å². The Hall–Kier alpha value is -2.41. The average Bonchev–Trinajstić information content (AvgIpc) is 3.57. The smallest absolute Gasteiger partial charge is 0.220 e. The molecule has 6 nitrogen and oxygen atoms in total. The van der Waals surface area contributed by atoms with Crippen molar-refractivity contribution in [3.63, 3.8) is 0 Å². The predicted octanol–water partition coefficient (Wildman–Crippen LogP) is 4.16. The van der Waals surface area contributed by atoms with Crippen molar-refractivity contribution in [3.05, 3.63) is 47.0 Å². The SMILES string of the molecule is O=C(CCC1CCN(c2cc(NC3CC3)ncn2)CC1)NCc1ccc(F)c(Cl)c1. The van der Waals surface area contributed by atoms with Crippen molar-refractivity contribution in [1.82, 2.24) is 15.3 Å². The highest BCUT2D eigenvalue weighted by Crippen LogP contribution is 2.28. The molecule has 2 heterocycles. The number of hydrogen-bond donors (Lipinski definition) is 2. The van der Waals surface area contributed by atoms with Crippen LogP contribution in [-0.2, 0) is 11.3 Å². The van der Waals surface area contributed by atoms with Gasteiger partial charge < -0.3 is 15.5 Å². The van der Waals surface area contributed by atoms with Crippen LogP contribution in [-0.4, -0.2) is 35.0 Å². The summed E-state index contributed by atoms with van der Waals surface area (Å²) in [6.07, 6.45) is 7.55. The van der Waals surface area contributed by atoms with Gasteiger partial charge in [-0.3, -0.25) is 4.79 Å². The topological polar surface area (TPSA) is 70.2 Å². The number of aromatic nitrogens is 2. The number of anilines is 2. The number of hydrogen-bond acceptors (Lipinski definition) is 5. The second kappa shape index (κ2) is 9.60. The Labute approximate surface area is 181 Å². The summed E-state index contributed by atoms with van der Waals surface area (Å²) in [6.45, 7) is 2.25. The summed E-state index contributed by atoms with van der Waals surface area (Å²) >= 11 is 5.78. The number of carbonyl (C=O) groups is 1. The first kappa shape index (κ1) is 20.8. The number of rotatable bonds is 8. The van der Waals surface area contributed by atoms with Crippen LogP contribution in [0.25, 0.3) is 0 Å². The Balaban J connectivity index is 1.17. The molecule has 2 aromatic rings. The van der Waals surface area contributed by atoms with E-state index in [4.69, 9.17) is 11.6 Å². The summed E-state index contributed by atoms with van der Waals surface area (Å²) in [5.41, 5.74) is 0.795. The number of piperidine rings is 1. The minimum atomic E-state index is -0.449. The summed E-state index contributed by atoms with van der Waals surface area (Å²) in [4.78, 5) is 23.2. The lowest BCUT2D eigenvalue weighted by Gasteiger charge is -2.32. The molecule has 1 aliphatic carbocycles. The van der Waals surface area contributed by atoms with Crippen LogP contribution in [0.15, 0.2) is 30.6 Å². The maximum atomic E-state index is 13.2. The zero-order chi connectivity index (χ0) is 20.9. The number of carbonyl (C=O) groups excluding carboxylic acids is 1. The molecule has 2 aliphatic rings. The molecule has 0 radical (unpaired) electrons. The molecule has 1 aromatic carbocycles. The molecule has 2 fully saturated rings. The molecule has 160 valence electrons. The van der Waals surface area contributed by atoms with Gasteiger partial charge in [-0.2, -0.15) is 0 Å². The number of halogens is 2. The third-order valence-electron chi connectivity index (χ3n) is 5.77. The van der Waals surface area contributed by atoms with E-state index < -0.39 is 5.82 Å². The molecule has 30 heavy (non-hydrogen) atoms. The number of amides is 1. The lowest BCUT2D eigenvalue weighted by atomic mass is 9.92. The van der Waals surface area contributed by atoms with Gasteiger partial charge in [0, 0.05) is 38.2 Å². The molecule has 1 saturated heterocycles. The van der Waals surface area contributed by atoms with Crippen molar-refractivity contribution in [2.45, 2.75) is 51.1 Å². The highest BCUT2D eigenvalue weighted by atomic mass is 35.5. The van der Waals surface area contributed by atoms with Crippen molar-refractivity contribution in [2.75, 3.05) is 23.3 Å². The largest absolute Gasteiger partial charge is 0.367 e. The fourth-order valence-electron chi connectivity index (χ4n) is 3.76. The molecule has 0 spiro atoms. The van der Waals surface area contributed by atoms with E-state index in [-0.39, 0.29) is 10.9 Å². The molecular weight excluding hydrogens is 405 g/mol. The van der Waals surface area contributed by atoms with E-state index in [1.54, 1.807) is 18.5 Å². The van der Waals surface area contributed by atoms with Crippen molar-refractivity contribution >= 4 is 29.1 Å². The van der Waals surface area contributed by atoms with Crippen LogP contribution in [0.3, 0.4) is 0 Å². The number of benzene rings is 1. The van der Waals surface area contributed by atoms with Crippen molar-refractivity contribution in [2.24, 2.45) is 5.92 Å². The zero-order valence-electron chi connectivity index (χ0n) is 16.9. The van der Waals surface area contributed by atoms with E-state index in [0.717, 1.165) is 49.6 Å². The van der Waals surface area contributed by atoms with Gasteiger partial charge in [0.05, 0.1) is 5.02 Å². The minimum Gasteiger partial charge on any atom is -0.367 e. The average molecular weight is 432 g/mol. The third-order valence-corrected chi connectivity index (χ3v) is 6.06. The molecular formula is C22H27ClFN5O. The van der Waals surface area contributed by atoms with Crippen molar-refractivity contribution < 1.29 is 9.18 Å². The standard InChI is InChI=1S/C22H27ClFN5O/c23-18-11-16(1-5-19(18)24)13-25-22(30)6-2-15-7-9-29(10-8-15)21-12-20(26-14-27-21)28-17-3-4-17/h1,5,11-12,14-15,17H,2-4,6-10,13H2,(H,25,30)(H,26,27,28). The molecule has 0 bridgehead atoms. The Morgan fingerprint density at radius 1 is 1.17 bits per heavy atom. The highest BCUT2D eigenvalue weighted by Gasteiger charge is 2.23. The van der Waals surface area contributed by atoms with E-state index >= 15 is 0 Å². The summed E-state index contributed by atoms with van der Waals surface area (Å²) in [7, 11) is 0. The van der Waals surface area contributed by atoms with Gasteiger partial charge in [0.1, 0.15) is 23.8 Å². The van der Waals surface area contributed by atoms with Gasteiger partial charge in [-0.05, 0) is 55.7 Å². The van der Waals surface area contributed by atoms with E-state index in [1.807, 2.05) is 6.07 Å². The van der Waals surface area contributed by atoms with Crippen LogP contribution in [0.1, 0.15) is 44.1 Å². The summed E-state index contributed by atoms with van der Waals surface area (Å²) < 4.78 is 13.2. The van der Waals surface area contributed by atoms with Gasteiger partial charge in [-0.25, -0.2) is 14.4 Å². The molecule has 1 amide bonds. The van der Waals surface area contributed by atoms with Crippen molar-refractivity contribution in [3.8, 4) is 0 Å². The van der Waals surface area contributed by atoms with Crippen LogP contribution < -0.4 is 15.5 Å². The van der Waals surface area contributed by atoms with Crippen LogP contribution in [0, 0.1) is 11.7 Å². The third kappa shape index (κ3) is 5.81. The second-order valence-corrected chi connectivity index (χ2v) is 8.58. The van der Waals surface area contributed by atoms with Crippen LogP contribution in [0.4, 0.5) is 16.0 Å². The maximum absolute atomic E-state index is 13.2. The van der Waals surface area contributed by atoms with E-state index in [9.17, 15) is 9.18 Å². The lowest BCUT2D eigenvalue weighted by Crippen LogP contribution is -2.34. The number of nitrogens with one attached hydrogen (secondary N) is 2. The fourth-order valence-corrected chi connectivity index (χ4v) is 3.96. The highest BCUT2D eigenvalue weighted by molar-refractivity contribution is 6.30. The monoisotopic (exact) mass is 431 g/mol. The molecule has 1 aromatic heterocycles. The molecule has 1 saturated carbocycles. The molecule has 8 heteroatoms. The molecule has 4 rings (SSSR count). The Bertz CT molecular complexity index is 884. The number of nitrogens with zero attached hydrogens (tertiary/aromatic N) is 3. The Morgan fingerprint density at radius 3 is 2.70 bits per heavy atom. The first-order valence-electron chi connectivity index (χ1n) is 10.6. The molecule has 1 aliphatic heterocycles. The normalized spacial score (nSPS) is 17.1. The lowest BCUT2D eigenvalue weighted by molar-refractivity contribution is -0.121. The van der Waals surface area contributed by atoms with Gasteiger partial charge in [0.2, 0.25) is 5.91 Å². The zero-order valence-corrected chi connectivity index (χ0v) is 17.7. The maximum Gasteiger partial charge on any atom is 0.220 e. The van der Waals surface area contributed by atoms with Gasteiger partial charge in [-0.15, -0.1) is 0 Å². The Kier molecular flexibility index (Phi) is 6.67. The molecule has 0 atom stereocenters. The van der Waals surface area contributed by atoms with Crippen LogP contribution in [0.5, 0.6) is 0 Å². The van der Waals surface area contributed by atoms with E-state index in [1.165, 1.54) is 18.9 Å². The summed E-state index contributed by atoms with van der Waals surface area (Å²) in [6, 6.07) is 7.11. The van der Waals surface area contributed by atoms with Gasteiger partial charge >= 0.3 is 0 Å².